The fourth-order valence-corrected chi connectivity index (χ4v) is 4.03. The van der Waals surface area contributed by atoms with E-state index in [0.717, 1.165) is 11.0 Å². The molecule has 1 amide bonds. The molecule has 2 heterocycles. The number of benzene rings is 1. The van der Waals surface area contributed by atoms with Gasteiger partial charge in [-0.3, -0.25) is 28.3 Å². The minimum atomic E-state index is -0.726. The molecule has 0 aliphatic carbocycles. The zero-order chi connectivity index (χ0) is 25.0. The lowest BCUT2D eigenvalue weighted by atomic mass is 10.2. The van der Waals surface area contributed by atoms with Crippen molar-refractivity contribution in [1.82, 2.24) is 18.7 Å². The number of nitrogen functional groups attached to an aromatic ring is 1. The molecule has 0 aliphatic heterocycles. The van der Waals surface area contributed by atoms with Gasteiger partial charge in [-0.1, -0.05) is 26.0 Å². The molecule has 3 aromatic rings. The van der Waals surface area contributed by atoms with Gasteiger partial charge in [-0.15, -0.1) is 0 Å². The largest absolute Gasteiger partial charge is 0.385 e. The molecule has 0 saturated carbocycles. The number of para-hydroxylation sites is 2. The topological polar surface area (TPSA) is 137 Å². The summed E-state index contributed by atoms with van der Waals surface area (Å²) in [5.74, 6) is -0.354. The zero-order valence-corrected chi connectivity index (χ0v) is 20.0. The van der Waals surface area contributed by atoms with Crippen LogP contribution in [0.25, 0.3) is 11.0 Å². The normalized spacial score (nSPS) is 11.4. The monoisotopic (exact) mass is 472 g/mol. The molecular weight excluding hydrogens is 440 g/mol. The van der Waals surface area contributed by atoms with Crippen molar-refractivity contribution >= 4 is 28.4 Å². The van der Waals surface area contributed by atoms with Gasteiger partial charge < -0.3 is 15.4 Å². The lowest BCUT2D eigenvalue weighted by molar-refractivity contribution is -0.118. The lowest BCUT2D eigenvalue weighted by Crippen LogP contribution is -2.42. The average molecular weight is 473 g/mol. The van der Waals surface area contributed by atoms with Crippen molar-refractivity contribution in [1.29, 1.82) is 0 Å². The van der Waals surface area contributed by atoms with Gasteiger partial charge in [-0.2, -0.15) is 0 Å². The predicted octanol–water partition coefficient (Wildman–Crippen LogP) is 0.888. The summed E-state index contributed by atoms with van der Waals surface area (Å²) in [5.41, 5.74) is 6.08. The Bertz CT molecular complexity index is 1350. The minimum Gasteiger partial charge on any atom is -0.385 e. The summed E-state index contributed by atoms with van der Waals surface area (Å²) in [7, 11) is 3.22. The van der Waals surface area contributed by atoms with Crippen LogP contribution in [0.4, 0.5) is 11.5 Å². The number of aromatic nitrogens is 4. The summed E-state index contributed by atoms with van der Waals surface area (Å²) in [6.45, 7) is 4.80. The molecule has 0 spiro atoms. The zero-order valence-electron chi connectivity index (χ0n) is 20.0. The van der Waals surface area contributed by atoms with Crippen LogP contribution >= 0.6 is 0 Å². The number of amides is 1. The quantitative estimate of drug-likeness (QED) is 0.420. The molecule has 0 aliphatic rings. The second-order valence-electron chi connectivity index (χ2n) is 8.62. The number of nitrogens with one attached hydrogen (secondary N) is 1. The molecule has 0 fully saturated rings. The van der Waals surface area contributed by atoms with E-state index in [2.05, 4.69) is 4.98 Å². The third-order valence-corrected chi connectivity index (χ3v) is 5.66. The number of ether oxygens (including phenoxy) is 1. The van der Waals surface area contributed by atoms with Crippen molar-refractivity contribution in [2.75, 3.05) is 30.9 Å². The molecule has 3 rings (SSSR count). The number of imidazole rings is 1. The summed E-state index contributed by atoms with van der Waals surface area (Å²) < 4.78 is 9.44. The van der Waals surface area contributed by atoms with Crippen LogP contribution in [0.5, 0.6) is 0 Å². The maximum Gasteiger partial charge on any atom is 0.330 e. The molecule has 0 radical (unpaired) electrons. The number of fused-ring (bicyclic) bond motifs is 1. The Kier molecular flexibility index (Phi) is 7.77. The lowest BCUT2D eigenvalue weighted by Gasteiger charge is -2.25. The summed E-state index contributed by atoms with van der Waals surface area (Å²) in [6.07, 6.45) is 0.418. The first-order valence-corrected chi connectivity index (χ1v) is 11.2. The Morgan fingerprint density at radius 2 is 1.82 bits per heavy atom. The number of carbonyl (C=O) groups is 1. The summed E-state index contributed by atoms with van der Waals surface area (Å²) in [4.78, 5) is 54.7. The summed E-state index contributed by atoms with van der Waals surface area (Å²) in [6, 6.07) is 7.33. The molecule has 34 heavy (non-hydrogen) atoms. The molecule has 0 bridgehead atoms. The maximum atomic E-state index is 13.4. The smallest absolute Gasteiger partial charge is 0.330 e. The number of carbonyl (C=O) groups excluding carboxylic acids is 1. The Morgan fingerprint density at radius 3 is 2.47 bits per heavy atom. The molecule has 11 heteroatoms. The second-order valence-corrected chi connectivity index (χ2v) is 8.62. The van der Waals surface area contributed by atoms with E-state index in [9.17, 15) is 19.2 Å². The van der Waals surface area contributed by atoms with E-state index in [4.69, 9.17) is 10.5 Å². The molecule has 2 aromatic heterocycles. The van der Waals surface area contributed by atoms with E-state index in [1.807, 2.05) is 38.1 Å². The first-order chi connectivity index (χ1) is 16.2. The van der Waals surface area contributed by atoms with Gasteiger partial charge in [0.15, 0.2) is 5.69 Å². The van der Waals surface area contributed by atoms with Gasteiger partial charge >= 0.3 is 11.4 Å². The van der Waals surface area contributed by atoms with Crippen LogP contribution in [-0.2, 0) is 29.7 Å². The van der Waals surface area contributed by atoms with Crippen molar-refractivity contribution in [2.24, 2.45) is 13.0 Å². The van der Waals surface area contributed by atoms with Crippen LogP contribution in [0, 0.1) is 5.92 Å². The Balaban J connectivity index is 1.97. The van der Waals surface area contributed by atoms with Crippen LogP contribution in [0.2, 0.25) is 0 Å². The SMILES string of the molecule is COCCCN(C(=O)CCn1c(=O)n(C)c2ccccc21)c1c(N)n(CC(C)C)c(=O)[nH]c1=O. The maximum absolute atomic E-state index is 13.4. The molecule has 0 unspecified atom stereocenters. The van der Waals surface area contributed by atoms with Crippen LogP contribution in [-0.4, -0.2) is 44.9 Å². The molecule has 11 nitrogen and oxygen atoms in total. The summed E-state index contributed by atoms with van der Waals surface area (Å²) >= 11 is 0. The number of hydrogen-bond acceptors (Lipinski definition) is 6. The molecule has 3 N–H and O–H groups in total. The molecule has 1 aromatic carbocycles. The van der Waals surface area contributed by atoms with Gasteiger partial charge in [-0.25, -0.2) is 9.59 Å². The molecule has 184 valence electrons. The van der Waals surface area contributed by atoms with E-state index in [1.54, 1.807) is 14.2 Å². The highest BCUT2D eigenvalue weighted by Gasteiger charge is 2.24. The van der Waals surface area contributed by atoms with Crippen molar-refractivity contribution in [2.45, 2.75) is 39.8 Å². The Hall–Kier alpha value is -3.60. The first-order valence-electron chi connectivity index (χ1n) is 11.2. The number of hydrogen-bond donors (Lipinski definition) is 2. The Labute approximate surface area is 196 Å². The van der Waals surface area contributed by atoms with Gasteiger partial charge in [0.05, 0.1) is 11.0 Å². The van der Waals surface area contributed by atoms with Crippen LogP contribution in [0.15, 0.2) is 38.6 Å². The third-order valence-electron chi connectivity index (χ3n) is 5.66. The third kappa shape index (κ3) is 4.98. The van der Waals surface area contributed by atoms with Gasteiger partial charge in [0.25, 0.3) is 5.56 Å². The minimum absolute atomic E-state index is 0.0386. The van der Waals surface area contributed by atoms with Gasteiger partial charge in [0.2, 0.25) is 5.91 Å². The van der Waals surface area contributed by atoms with Gasteiger partial charge in [0.1, 0.15) is 5.82 Å². The highest BCUT2D eigenvalue weighted by Crippen LogP contribution is 2.20. The van der Waals surface area contributed by atoms with E-state index < -0.39 is 11.2 Å². The Morgan fingerprint density at radius 1 is 1.15 bits per heavy atom. The van der Waals surface area contributed by atoms with Crippen LogP contribution in [0.1, 0.15) is 26.7 Å². The fraction of sp³-hybridized carbons (Fsp3) is 0.478. The summed E-state index contributed by atoms with van der Waals surface area (Å²) in [5, 5.41) is 0. The molecule has 0 atom stereocenters. The van der Waals surface area contributed by atoms with Gasteiger partial charge in [0, 0.05) is 46.8 Å². The van der Waals surface area contributed by atoms with Gasteiger partial charge in [-0.05, 0) is 24.5 Å². The van der Waals surface area contributed by atoms with Crippen molar-refractivity contribution in [3.8, 4) is 0 Å². The standard InChI is InChI=1S/C23H32N6O5/c1-15(2)14-29-20(24)19(21(31)25-22(29)32)28(11-7-13-34-4)18(30)10-12-27-17-9-6-5-8-16(17)26(3)23(27)33/h5-6,8-9,15H,7,10-14,24H2,1-4H3,(H,25,31,32). The first kappa shape index (κ1) is 25.0. The second kappa shape index (κ2) is 10.6. The number of nitrogens with two attached hydrogens (primary N) is 1. The van der Waals surface area contributed by atoms with Crippen molar-refractivity contribution < 1.29 is 9.53 Å². The number of H-pyrrole nitrogens is 1. The number of aryl methyl sites for hydroxylation is 2. The van der Waals surface area contributed by atoms with E-state index >= 15 is 0 Å². The van der Waals surface area contributed by atoms with Crippen LogP contribution in [0.3, 0.4) is 0 Å². The van der Waals surface area contributed by atoms with Crippen molar-refractivity contribution in [3.63, 3.8) is 0 Å². The fourth-order valence-electron chi connectivity index (χ4n) is 4.03. The predicted molar refractivity (Wildman–Crippen MR) is 131 cm³/mol. The number of anilines is 2. The number of methoxy groups -OCH3 is 1. The molecular formula is C23H32N6O5. The molecule has 0 saturated heterocycles. The highest BCUT2D eigenvalue weighted by molar-refractivity contribution is 5.95. The number of aromatic amines is 1. The van der Waals surface area contributed by atoms with Crippen molar-refractivity contribution in [3.05, 3.63) is 55.6 Å². The number of rotatable bonds is 10. The number of nitrogens with zero attached hydrogens (tertiary/aromatic N) is 4. The van der Waals surface area contributed by atoms with E-state index in [-0.39, 0.29) is 48.5 Å². The van der Waals surface area contributed by atoms with E-state index in [1.165, 1.54) is 18.6 Å². The highest BCUT2D eigenvalue weighted by atomic mass is 16.5. The van der Waals surface area contributed by atoms with E-state index in [0.29, 0.717) is 19.6 Å². The average Bonchev–Trinajstić information content (AvgIpc) is 3.03. The van der Waals surface area contributed by atoms with Crippen LogP contribution < -0.4 is 27.6 Å².